The number of nitrogens with zero attached hydrogens (tertiary/aromatic N) is 3. The highest BCUT2D eigenvalue weighted by atomic mass is 32.2. The lowest BCUT2D eigenvalue weighted by Gasteiger charge is -2.09. The molecule has 40 heavy (non-hydrogen) atoms. The minimum absolute atomic E-state index is 0.0337. The number of halogens is 1. The van der Waals surface area contributed by atoms with Crippen LogP contribution in [0, 0.1) is 24.1 Å². The Morgan fingerprint density at radius 1 is 0.975 bits per heavy atom. The SMILES string of the molecule is Cc1ccc(S(=O)(=O)/C(C#N)=C\c2cn(-c3ccccc3)nc2-c2cccc(OCc3ccccc3F)c2)cc1. The quantitative estimate of drug-likeness (QED) is 0.197. The Kier molecular flexibility index (Phi) is 7.58. The second kappa shape index (κ2) is 11.4. The van der Waals surface area contributed by atoms with Crippen LogP contribution in [0.4, 0.5) is 4.39 Å². The Morgan fingerprint density at radius 2 is 1.70 bits per heavy atom. The van der Waals surface area contributed by atoms with Crippen molar-refractivity contribution in [1.82, 2.24) is 9.78 Å². The van der Waals surface area contributed by atoms with Crippen LogP contribution in [-0.2, 0) is 16.4 Å². The van der Waals surface area contributed by atoms with Crippen molar-refractivity contribution in [2.45, 2.75) is 18.4 Å². The number of aromatic nitrogens is 2. The van der Waals surface area contributed by atoms with Crippen molar-refractivity contribution in [1.29, 1.82) is 5.26 Å². The van der Waals surface area contributed by atoms with Crippen molar-refractivity contribution in [2.24, 2.45) is 0 Å². The third-order valence-electron chi connectivity index (χ3n) is 6.24. The van der Waals surface area contributed by atoms with Crippen LogP contribution >= 0.6 is 0 Å². The summed E-state index contributed by atoms with van der Waals surface area (Å²) in [5, 5.41) is 14.6. The molecule has 0 aliphatic heterocycles. The summed E-state index contributed by atoms with van der Waals surface area (Å²) in [6.45, 7) is 1.89. The summed E-state index contributed by atoms with van der Waals surface area (Å²) in [5.41, 5.74) is 3.61. The van der Waals surface area contributed by atoms with Gasteiger partial charge in [0.1, 0.15) is 34.8 Å². The van der Waals surface area contributed by atoms with Gasteiger partial charge in [-0.15, -0.1) is 0 Å². The molecule has 0 bridgehead atoms. The lowest BCUT2D eigenvalue weighted by atomic mass is 10.1. The topological polar surface area (TPSA) is 85.0 Å². The normalized spacial score (nSPS) is 11.7. The first-order chi connectivity index (χ1) is 19.3. The van der Waals surface area contributed by atoms with Crippen LogP contribution in [0.25, 0.3) is 23.0 Å². The third-order valence-corrected chi connectivity index (χ3v) is 7.92. The van der Waals surface area contributed by atoms with Gasteiger partial charge in [-0.2, -0.15) is 10.4 Å². The number of hydrogen-bond acceptors (Lipinski definition) is 5. The maximum absolute atomic E-state index is 14.1. The van der Waals surface area contributed by atoms with Crippen LogP contribution < -0.4 is 4.74 Å². The molecule has 0 fully saturated rings. The van der Waals surface area contributed by atoms with Gasteiger partial charge in [0, 0.05) is 22.9 Å². The fraction of sp³-hybridized carbons (Fsp3) is 0.0625. The molecule has 5 aromatic rings. The first-order valence-electron chi connectivity index (χ1n) is 12.4. The van der Waals surface area contributed by atoms with E-state index in [0.717, 1.165) is 11.3 Å². The van der Waals surface area contributed by atoms with E-state index in [4.69, 9.17) is 9.84 Å². The van der Waals surface area contributed by atoms with E-state index in [9.17, 15) is 18.1 Å². The maximum Gasteiger partial charge on any atom is 0.216 e. The van der Waals surface area contributed by atoms with Gasteiger partial charge in [0.2, 0.25) is 9.84 Å². The lowest BCUT2D eigenvalue weighted by molar-refractivity contribution is 0.300. The van der Waals surface area contributed by atoms with E-state index in [0.29, 0.717) is 28.1 Å². The molecule has 0 aliphatic rings. The second-order valence-corrected chi connectivity index (χ2v) is 11.0. The molecule has 0 amide bonds. The van der Waals surface area contributed by atoms with Gasteiger partial charge in [-0.05, 0) is 55.5 Å². The summed E-state index contributed by atoms with van der Waals surface area (Å²) in [4.78, 5) is -0.372. The molecule has 8 heteroatoms. The fourth-order valence-corrected chi connectivity index (χ4v) is 5.25. The molecule has 0 N–H and O–H groups in total. The molecule has 0 spiro atoms. The lowest BCUT2D eigenvalue weighted by Crippen LogP contribution is -2.03. The Hall–Kier alpha value is -5.00. The minimum atomic E-state index is -4.07. The van der Waals surface area contributed by atoms with Gasteiger partial charge in [-0.3, -0.25) is 0 Å². The van der Waals surface area contributed by atoms with E-state index >= 15 is 0 Å². The molecule has 5 rings (SSSR count). The van der Waals surface area contributed by atoms with Gasteiger partial charge in [0.15, 0.2) is 0 Å². The van der Waals surface area contributed by atoms with E-state index in [1.165, 1.54) is 24.3 Å². The summed E-state index contributed by atoms with van der Waals surface area (Å²) in [5.74, 6) is 0.129. The zero-order chi connectivity index (χ0) is 28.1. The van der Waals surface area contributed by atoms with Gasteiger partial charge in [-0.1, -0.05) is 66.2 Å². The van der Waals surface area contributed by atoms with Crippen LogP contribution in [0.3, 0.4) is 0 Å². The Bertz CT molecular complexity index is 1840. The standard InChI is InChI=1S/C32H24FN3O3S/c1-23-14-16-29(17-15-23)40(37,38)30(20-34)19-26-21-36(27-10-3-2-4-11-27)35-32(26)24-9-7-12-28(18-24)39-22-25-8-5-6-13-31(25)33/h2-19,21H,22H2,1H3/b30-19-. The van der Waals surface area contributed by atoms with Gasteiger partial charge in [0.25, 0.3) is 0 Å². The zero-order valence-electron chi connectivity index (χ0n) is 21.5. The molecule has 1 heterocycles. The smallest absolute Gasteiger partial charge is 0.216 e. The second-order valence-electron chi connectivity index (χ2n) is 9.06. The van der Waals surface area contributed by atoms with Gasteiger partial charge in [0.05, 0.1) is 10.6 Å². The number of para-hydroxylation sites is 1. The van der Waals surface area contributed by atoms with Gasteiger partial charge >= 0.3 is 0 Å². The summed E-state index contributed by atoms with van der Waals surface area (Å²) >= 11 is 0. The molecular formula is C32H24FN3O3S. The monoisotopic (exact) mass is 549 g/mol. The van der Waals surface area contributed by atoms with E-state index in [2.05, 4.69) is 0 Å². The highest BCUT2D eigenvalue weighted by Crippen LogP contribution is 2.30. The molecule has 0 saturated carbocycles. The Morgan fingerprint density at radius 3 is 2.42 bits per heavy atom. The number of aryl methyl sites for hydroxylation is 1. The van der Waals surface area contributed by atoms with Gasteiger partial charge in [-0.25, -0.2) is 17.5 Å². The highest BCUT2D eigenvalue weighted by molar-refractivity contribution is 7.95. The zero-order valence-corrected chi connectivity index (χ0v) is 22.3. The predicted molar refractivity (Wildman–Crippen MR) is 152 cm³/mol. The molecule has 0 radical (unpaired) electrons. The largest absolute Gasteiger partial charge is 0.489 e. The molecule has 0 unspecified atom stereocenters. The summed E-state index contributed by atoms with van der Waals surface area (Å²) in [7, 11) is -4.07. The number of ether oxygens (including phenoxy) is 1. The number of allylic oxidation sites excluding steroid dienone is 1. The summed E-state index contributed by atoms with van der Waals surface area (Å²) < 4.78 is 48.2. The molecule has 4 aromatic carbocycles. The van der Waals surface area contributed by atoms with Crippen molar-refractivity contribution in [3.8, 4) is 28.8 Å². The van der Waals surface area contributed by atoms with Crippen LogP contribution in [0.15, 0.2) is 119 Å². The predicted octanol–water partition coefficient (Wildman–Crippen LogP) is 6.90. The third kappa shape index (κ3) is 5.70. The van der Waals surface area contributed by atoms with Crippen molar-refractivity contribution in [2.75, 3.05) is 0 Å². The first kappa shape index (κ1) is 26.6. The van der Waals surface area contributed by atoms with Crippen LogP contribution in [-0.4, -0.2) is 18.2 Å². The average molecular weight is 550 g/mol. The van der Waals surface area contributed by atoms with Gasteiger partial charge < -0.3 is 4.74 Å². The Labute approximate surface area is 232 Å². The molecular weight excluding hydrogens is 525 g/mol. The number of nitriles is 1. The number of sulfone groups is 1. The molecule has 0 aliphatic carbocycles. The molecule has 0 atom stereocenters. The Balaban J connectivity index is 1.57. The van der Waals surface area contributed by atoms with Crippen LogP contribution in [0.5, 0.6) is 5.75 Å². The molecule has 0 saturated heterocycles. The van der Waals surface area contributed by atoms with Crippen LogP contribution in [0.2, 0.25) is 0 Å². The summed E-state index contributed by atoms with van der Waals surface area (Å²) in [6, 6.07) is 31.0. The van der Waals surface area contributed by atoms with Crippen LogP contribution in [0.1, 0.15) is 16.7 Å². The van der Waals surface area contributed by atoms with Crippen molar-refractivity contribution >= 4 is 15.9 Å². The van der Waals surface area contributed by atoms with E-state index < -0.39 is 14.7 Å². The van der Waals surface area contributed by atoms with Crippen molar-refractivity contribution in [3.05, 3.63) is 137 Å². The summed E-state index contributed by atoms with van der Waals surface area (Å²) in [6.07, 6.45) is 3.02. The average Bonchev–Trinajstić information content (AvgIpc) is 3.40. The highest BCUT2D eigenvalue weighted by Gasteiger charge is 2.22. The number of rotatable bonds is 8. The molecule has 6 nitrogen and oxygen atoms in total. The van der Waals surface area contributed by atoms with Crippen molar-refractivity contribution < 1.29 is 17.5 Å². The van der Waals surface area contributed by atoms with Crippen molar-refractivity contribution in [3.63, 3.8) is 0 Å². The van der Waals surface area contributed by atoms with E-state index in [1.807, 2.05) is 49.4 Å². The number of benzene rings is 4. The molecule has 1 aromatic heterocycles. The number of hydrogen-bond donors (Lipinski definition) is 0. The first-order valence-corrected chi connectivity index (χ1v) is 13.9. The fourth-order valence-electron chi connectivity index (χ4n) is 4.10. The van der Waals surface area contributed by atoms with E-state index in [-0.39, 0.29) is 17.3 Å². The maximum atomic E-state index is 14.1. The van der Waals surface area contributed by atoms with E-state index in [1.54, 1.807) is 59.4 Å². The molecule has 198 valence electrons. The minimum Gasteiger partial charge on any atom is -0.489 e.